The SMILES string of the molecule is CC(C)(CCC(=O)O)NC(=O)Nc1ccc(Br)cc1Cl. The molecule has 0 spiro atoms. The van der Waals surface area contributed by atoms with Gasteiger partial charge in [0, 0.05) is 16.4 Å². The van der Waals surface area contributed by atoms with Crippen LogP contribution in [0.15, 0.2) is 22.7 Å². The van der Waals surface area contributed by atoms with Crippen molar-refractivity contribution in [3.05, 3.63) is 27.7 Å². The molecule has 1 rings (SSSR count). The molecule has 0 saturated carbocycles. The Bertz CT molecular complexity index is 520. The normalized spacial score (nSPS) is 11.0. The summed E-state index contributed by atoms with van der Waals surface area (Å²) in [4.78, 5) is 22.4. The smallest absolute Gasteiger partial charge is 0.319 e. The molecule has 0 aromatic heterocycles. The van der Waals surface area contributed by atoms with Crippen molar-refractivity contribution in [3.8, 4) is 0 Å². The number of carbonyl (C=O) groups excluding carboxylic acids is 1. The number of rotatable bonds is 5. The zero-order valence-corrected chi connectivity index (χ0v) is 13.5. The van der Waals surface area contributed by atoms with Crippen LogP contribution in [-0.2, 0) is 4.79 Å². The fraction of sp³-hybridized carbons (Fsp3) is 0.385. The lowest BCUT2D eigenvalue weighted by molar-refractivity contribution is -0.137. The first-order chi connectivity index (χ1) is 9.19. The molecule has 0 bridgehead atoms. The predicted molar refractivity (Wildman–Crippen MR) is 82.3 cm³/mol. The summed E-state index contributed by atoms with van der Waals surface area (Å²) in [6.07, 6.45) is 0.330. The van der Waals surface area contributed by atoms with E-state index in [2.05, 4.69) is 26.6 Å². The van der Waals surface area contributed by atoms with Crippen molar-refractivity contribution < 1.29 is 14.7 Å². The Labute approximate surface area is 130 Å². The van der Waals surface area contributed by atoms with Crippen molar-refractivity contribution in [2.75, 3.05) is 5.32 Å². The lowest BCUT2D eigenvalue weighted by Gasteiger charge is -2.25. The first-order valence-corrected chi connectivity index (χ1v) is 7.13. The third-order valence-corrected chi connectivity index (χ3v) is 3.40. The summed E-state index contributed by atoms with van der Waals surface area (Å²) in [6, 6.07) is 4.68. The van der Waals surface area contributed by atoms with Crippen molar-refractivity contribution in [1.82, 2.24) is 5.32 Å². The Kier molecular flexibility index (Phi) is 5.83. The van der Waals surface area contributed by atoms with E-state index in [0.29, 0.717) is 17.1 Å². The number of anilines is 1. The number of benzene rings is 1. The number of urea groups is 1. The van der Waals surface area contributed by atoms with Crippen LogP contribution in [0.3, 0.4) is 0 Å². The summed E-state index contributed by atoms with van der Waals surface area (Å²) in [6.45, 7) is 3.53. The van der Waals surface area contributed by atoms with Gasteiger partial charge in [-0.15, -0.1) is 0 Å². The van der Waals surface area contributed by atoms with Crippen LogP contribution in [0.5, 0.6) is 0 Å². The van der Waals surface area contributed by atoms with Gasteiger partial charge in [0.25, 0.3) is 0 Å². The largest absolute Gasteiger partial charge is 0.481 e. The molecule has 1 aromatic carbocycles. The Morgan fingerprint density at radius 2 is 2.05 bits per heavy atom. The number of carboxylic acid groups (broad SMARTS) is 1. The summed E-state index contributed by atoms with van der Waals surface area (Å²) in [7, 11) is 0. The van der Waals surface area contributed by atoms with Gasteiger partial charge in [-0.1, -0.05) is 27.5 Å². The fourth-order valence-corrected chi connectivity index (χ4v) is 2.25. The number of aliphatic carboxylic acids is 1. The van der Waals surface area contributed by atoms with E-state index in [1.807, 2.05) is 0 Å². The summed E-state index contributed by atoms with van der Waals surface area (Å²) < 4.78 is 0.815. The highest BCUT2D eigenvalue weighted by molar-refractivity contribution is 9.10. The van der Waals surface area contributed by atoms with E-state index in [1.165, 1.54) is 0 Å². The maximum Gasteiger partial charge on any atom is 0.319 e. The Hall–Kier alpha value is -1.27. The van der Waals surface area contributed by atoms with Crippen LogP contribution < -0.4 is 10.6 Å². The average Bonchev–Trinajstić information content (AvgIpc) is 2.30. The molecular weight excluding hydrogens is 348 g/mol. The summed E-state index contributed by atoms with van der Waals surface area (Å²) >= 11 is 9.27. The van der Waals surface area contributed by atoms with E-state index >= 15 is 0 Å². The quantitative estimate of drug-likeness (QED) is 0.743. The van der Waals surface area contributed by atoms with Gasteiger partial charge in [0.1, 0.15) is 0 Å². The average molecular weight is 364 g/mol. The maximum absolute atomic E-state index is 11.9. The maximum atomic E-state index is 11.9. The van der Waals surface area contributed by atoms with Crippen LogP contribution in [0, 0.1) is 0 Å². The van der Waals surface area contributed by atoms with Gasteiger partial charge in [-0.2, -0.15) is 0 Å². The molecule has 0 saturated heterocycles. The highest BCUT2D eigenvalue weighted by atomic mass is 79.9. The van der Waals surface area contributed by atoms with Gasteiger partial charge in [0.15, 0.2) is 0 Å². The van der Waals surface area contributed by atoms with Crippen LogP contribution in [0.25, 0.3) is 0 Å². The number of hydrogen-bond acceptors (Lipinski definition) is 2. The zero-order valence-electron chi connectivity index (χ0n) is 11.2. The van der Waals surface area contributed by atoms with Crippen molar-refractivity contribution in [1.29, 1.82) is 0 Å². The molecule has 2 amide bonds. The van der Waals surface area contributed by atoms with Gasteiger partial charge in [-0.3, -0.25) is 4.79 Å². The van der Waals surface area contributed by atoms with Crippen molar-refractivity contribution in [2.45, 2.75) is 32.2 Å². The molecule has 3 N–H and O–H groups in total. The molecule has 0 unspecified atom stereocenters. The standard InChI is InChI=1S/C13H16BrClN2O3/c1-13(2,6-5-11(18)19)17-12(20)16-10-4-3-8(14)7-9(10)15/h3-4,7H,5-6H2,1-2H3,(H,18,19)(H2,16,17,20). The molecular formula is C13H16BrClN2O3. The minimum atomic E-state index is -0.892. The Balaban J connectivity index is 2.60. The third kappa shape index (κ3) is 5.79. The van der Waals surface area contributed by atoms with Crippen LogP contribution in [0.2, 0.25) is 5.02 Å². The monoisotopic (exact) mass is 362 g/mol. The first-order valence-electron chi connectivity index (χ1n) is 5.95. The van der Waals surface area contributed by atoms with Crippen LogP contribution in [-0.4, -0.2) is 22.6 Å². The van der Waals surface area contributed by atoms with Gasteiger partial charge < -0.3 is 15.7 Å². The minimum absolute atomic E-state index is 0.00762. The topological polar surface area (TPSA) is 78.4 Å². The second kappa shape index (κ2) is 6.95. The van der Waals surface area contributed by atoms with Gasteiger partial charge >= 0.3 is 12.0 Å². The molecule has 1 aromatic rings. The predicted octanol–water partition coefficient (Wildman–Crippen LogP) is 3.87. The van der Waals surface area contributed by atoms with E-state index in [9.17, 15) is 9.59 Å². The van der Waals surface area contributed by atoms with Gasteiger partial charge in [0.05, 0.1) is 10.7 Å². The summed E-state index contributed by atoms with van der Waals surface area (Å²) in [5, 5.41) is 14.4. The number of amides is 2. The molecule has 0 aliphatic carbocycles. The molecule has 20 heavy (non-hydrogen) atoms. The molecule has 0 atom stereocenters. The second-order valence-corrected chi connectivity index (χ2v) is 6.30. The molecule has 0 fully saturated rings. The summed E-state index contributed by atoms with van der Waals surface area (Å²) in [5.41, 5.74) is -0.133. The van der Waals surface area contributed by atoms with E-state index < -0.39 is 17.5 Å². The number of hydrogen-bond donors (Lipinski definition) is 3. The molecule has 0 radical (unpaired) electrons. The molecule has 0 heterocycles. The third-order valence-electron chi connectivity index (χ3n) is 2.60. The zero-order chi connectivity index (χ0) is 15.3. The van der Waals surface area contributed by atoms with Gasteiger partial charge in [-0.25, -0.2) is 4.79 Å². The van der Waals surface area contributed by atoms with E-state index in [0.717, 1.165) is 4.47 Å². The van der Waals surface area contributed by atoms with Crippen molar-refractivity contribution in [2.24, 2.45) is 0 Å². The minimum Gasteiger partial charge on any atom is -0.481 e. The van der Waals surface area contributed by atoms with Crippen LogP contribution >= 0.6 is 27.5 Å². The van der Waals surface area contributed by atoms with E-state index in [1.54, 1.807) is 32.0 Å². The van der Waals surface area contributed by atoms with Gasteiger partial charge in [0.2, 0.25) is 0 Å². The Morgan fingerprint density at radius 3 is 2.60 bits per heavy atom. The van der Waals surface area contributed by atoms with Crippen molar-refractivity contribution >= 4 is 45.2 Å². The molecule has 110 valence electrons. The van der Waals surface area contributed by atoms with E-state index in [-0.39, 0.29) is 6.42 Å². The summed E-state index contributed by atoms with van der Waals surface area (Å²) in [5.74, 6) is -0.892. The number of halogens is 2. The lowest BCUT2D eigenvalue weighted by Crippen LogP contribution is -2.45. The molecule has 0 aliphatic rings. The molecule has 5 nitrogen and oxygen atoms in total. The number of carboxylic acids is 1. The number of carbonyl (C=O) groups is 2. The highest BCUT2D eigenvalue weighted by Crippen LogP contribution is 2.25. The fourth-order valence-electron chi connectivity index (χ4n) is 1.53. The lowest BCUT2D eigenvalue weighted by atomic mass is 9.99. The Morgan fingerprint density at radius 1 is 1.40 bits per heavy atom. The molecule has 7 heteroatoms. The number of nitrogens with one attached hydrogen (secondary N) is 2. The van der Waals surface area contributed by atoms with Crippen molar-refractivity contribution in [3.63, 3.8) is 0 Å². The van der Waals surface area contributed by atoms with E-state index in [4.69, 9.17) is 16.7 Å². The highest BCUT2D eigenvalue weighted by Gasteiger charge is 2.21. The van der Waals surface area contributed by atoms with Gasteiger partial charge in [-0.05, 0) is 38.5 Å². The van der Waals surface area contributed by atoms with Crippen LogP contribution in [0.4, 0.5) is 10.5 Å². The second-order valence-electron chi connectivity index (χ2n) is 4.98. The first kappa shape index (κ1) is 16.8. The van der Waals surface area contributed by atoms with Crippen LogP contribution in [0.1, 0.15) is 26.7 Å². The molecule has 0 aliphatic heterocycles.